The fourth-order valence-corrected chi connectivity index (χ4v) is 4.89. The van der Waals surface area contributed by atoms with Crippen molar-refractivity contribution in [3.8, 4) is 40.0 Å². The van der Waals surface area contributed by atoms with Crippen LogP contribution in [0.15, 0.2) is 54.7 Å². The lowest BCUT2D eigenvalue weighted by molar-refractivity contribution is -0.686. The Balaban J connectivity index is 0.00000320. The number of nitrogens with one attached hydrogen (secondary N) is 1. The zero-order valence-corrected chi connectivity index (χ0v) is 22.4. The molecule has 1 aliphatic heterocycles. The fourth-order valence-electron chi connectivity index (χ4n) is 4.89. The third-order valence-corrected chi connectivity index (χ3v) is 6.80. The quantitative estimate of drug-likeness (QED) is 0.357. The fraction of sp³-hybridized carbons (Fsp3) is 0.276. The van der Waals surface area contributed by atoms with Gasteiger partial charge in [-0.1, -0.05) is 6.07 Å². The summed E-state index contributed by atoms with van der Waals surface area (Å²) in [5, 5.41) is 5.81. The van der Waals surface area contributed by atoms with Crippen LogP contribution < -0.4 is 46.0 Å². The number of rotatable bonds is 8. The molecule has 1 N–H and O–H groups in total. The van der Waals surface area contributed by atoms with E-state index in [1.54, 1.807) is 35.5 Å². The Bertz CT molecular complexity index is 1440. The standard InChI is InChI=1S/C29H30N2O5.ClH/c1-32-21-8-6-20(26(14-21)34-3)16-30-29-23-17-31-11-10-19-13-27(35-4)28(36-5)15-22(19)24(31)12-18(23)7-9-25(29)33-2;/h6-9,12-15,17H,10-11,16H2,1-5H3;1H. The Morgan fingerprint density at radius 1 is 0.757 bits per heavy atom. The van der Waals surface area contributed by atoms with E-state index in [4.69, 9.17) is 23.7 Å². The molecule has 0 saturated carbocycles. The molecule has 194 valence electrons. The summed E-state index contributed by atoms with van der Waals surface area (Å²) in [6.45, 7) is 1.45. The Hall–Kier alpha value is -3.84. The van der Waals surface area contributed by atoms with Crippen molar-refractivity contribution in [3.05, 3.63) is 65.9 Å². The van der Waals surface area contributed by atoms with Crippen LogP contribution in [-0.2, 0) is 19.5 Å². The van der Waals surface area contributed by atoms with E-state index in [1.807, 2.05) is 24.3 Å². The van der Waals surface area contributed by atoms with Gasteiger partial charge in [-0.3, -0.25) is 0 Å². The lowest BCUT2D eigenvalue weighted by Crippen LogP contribution is -3.00. The van der Waals surface area contributed by atoms with Crippen LogP contribution in [0.5, 0.6) is 28.7 Å². The molecule has 0 unspecified atom stereocenters. The molecule has 1 aliphatic rings. The van der Waals surface area contributed by atoms with Crippen LogP contribution in [0.4, 0.5) is 5.69 Å². The van der Waals surface area contributed by atoms with Crippen LogP contribution in [0.3, 0.4) is 0 Å². The highest BCUT2D eigenvalue weighted by molar-refractivity contribution is 5.97. The molecule has 2 heterocycles. The van der Waals surface area contributed by atoms with Gasteiger partial charge in [-0.2, -0.15) is 4.57 Å². The van der Waals surface area contributed by atoms with E-state index in [0.717, 1.165) is 75.0 Å². The molecule has 7 nitrogen and oxygen atoms in total. The first-order valence-electron chi connectivity index (χ1n) is 11.8. The highest BCUT2D eigenvalue weighted by Gasteiger charge is 2.27. The van der Waals surface area contributed by atoms with Crippen molar-refractivity contribution >= 4 is 16.5 Å². The summed E-state index contributed by atoms with van der Waals surface area (Å²) in [5.74, 6) is 3.81. The average molecular weight is 523 g/mol. The summed E-state index contributed by atoms with van der Waals surface area (Å²) in [6, 6.07) is 16.3. The first kappa shape index (κ1) is 26.2. The highest BCUT2D eigenvalue weighted by Crippen LogP contribution is 2.39. The van der Waals surface area contributed by atoms with Crippen LogP contribution >= 0.6 is 0 Å². The predicted octanol–water partition coefficient (Wildman–Crippen LogP) is 2.01. The van der Waals surface area contributed by atoms with E-state index >= 15 is 0 Å². The number of pyridine rings is 1. The third kappa shape index (κ3) is 4.79. The number of aryl methyl sites for hydroxylation is 2. The van der Waals surface area contributed by atoms with Crippen LogP contribution in [0, 0.1) is 0 Å². The first-order chi connectivity index (χ1) is 17.6. The number of nitrogens with zero attached hydrogens (tertiary/aromatic N) is 1. The van der Waals surface area contributed by atoms with Crippen molar-refractivity contribution in [3.63, 3.8) is 0 Å². The number of methoxy groups -OCH3 is 5. The molecule has 37 heavy (non-hydrogen) atoms. The molecule has 4 aromatic rings. The SMILES string of the molecule is COc1ccc(CNc2c(OC)ccc3cc4[n+](cc23)CCc2cc(OC)c(OC)cc2-4)c(OC)c1.[Cl-]. The number of ether oxygens (including phenoxy) is 5. The molecule has 0 saturated heterocycles. The molecular formula is C29H31ClN2O5. The molecule has 5 rings (SSSR count). The number of anilines is 1. The van der Waals surface area contributed by atoms with Gasteiger partial charge >= 0.3 is 0 Å². The molecule has 0 bridgehead atoms. The highest BCUT2D eigenvalue weighted by atomic mass is 35.5. The summed E-state index contributed by atoms with van der Waals surface area (Å²) in [7, 11) is 8.36. The Labute approximate surface area is 223 Å². The van der Waals surface area contributed by atoms with E-state index in [1.165, 1.54) is 5.56 Å². The average Bonchev–Trinajstić information content (AvgIpc) is 2.93. The van der Waals surface area contributed by atoms with E-state index in [0.29, 0.717) is 6.54 Å². The summed E-state index contributed by atoms with van der Waals surface area (Å²) >= 11 is 0. The lowest BCUT2D eigenvalue weighted by Gasteiger charge is -2.20. The minimum absolute atomic E-state index is 0. The molecule has 0 aliphatic carbocycles. The van der Waals surface area contributed by atoms with Crippen molar-refractivity contribution in [2.45, 2.75) is 19.5 Å². The van der Waals surface area contributed by atoms with Crippen LogP contribution in [0.2, 0.25) is 0 Å². The monoisotopic (exact) mass is 522 g/mol. The molecule has 0 fully saturated rings. The van der Waals surface area contributed by atoms with Gasteiger partial charge in [0.05, 0.1) is 52.2 Å². The maximum atomic E-state index is 5.74. The van der Waals surface area contributed by atoms with E-state index < -0.39 is 0 Å². The zero-order valence-electron chi connectivity index (χ0n) is 21.7. The topological polar surface area (TPSA) is 62.1 Å². The van der Waals surface area contributed by atoms with Gasteiger partial charge in [0, 0.05) is 30.7 Å². The van der Waals surface area contributed by atoms with Crippen molar-refractivity contribution < 1.29 is 40.7 Å². The first-order valence-corrected chi connectivity index (χ1v) is 11.8. The summed E-state index contributed by atoms with van der Waals surface area (Å²) < 4.78 is 30.1. The van der Waals surface area contributed by atoms with Crippen LogP contribution in [0.25, 0.3) is 22.0 Å². The minimum Gasteiger partial charge on any atom is -1.00 e. The molecule has 0 amide bonds. The van der Waals surface area contributed by atoms with Gasteiger partial charge in [-0.25, -0.2) is 0 Å². The summed E-state index contributed by atoms with van der Waals surface area (Å²) in [6.07, 6.45) is 3.12. The molecule has 0 spiro atoms. The van der Waals surface area contributed by atoms with Crippen LogP contribution in [-0.4, -0.2) is 35.5 Å². The second kappa shape index (κ2) is 11.0. The minimum atomic E-state index is 0. The Morgan fingerprint density at radius 3 is 2.19 bits per heavy atom. The van der Waals surface area contributed by atoms with Crippen LogP contribution in [0.1, 0.15) is 11.1 Å². The Kier molecular flexibility index (Phi) is 7.83. The number of aromatic nitrogens is 1. The van der Waals surface area contributed by atoms with Crippen molar-refractivity contribution in [2.75, 3.05) is 40.9 Å². The van der Waals surface area contributed by atoms with Crippen molar-refractivity contribution in [1.29, 1.82) is 0 Å². The van der Waals surface area contributed by atoms with Gasteiger partial charge in [0.25, 0.3) is 0 Å². The van der Waals surface area contributed by atoms with E-state index in [9.17, 15) is 0 Å². The maximum Gasteiger partial charge on any atom is 0.213 e. The molecule has 0 radical (unpaired) electrons. The lowest BCUT2D eigenvalue weighted by atomic mass is 9.95. The van der Waals surface area contributed by atoms with E-state index in [2.05, 4.69) is 40.3 Å². The molecular weight excluding hydrogens is 492 g/mol. The van der Waals surface area contributed by atoms with Gasteiger partial charge in [0.1, 0.15) is 17.2 Å². The predicted molar refractivity (Wildman–Crippen MR) is 140 cm³/mol. The molecule has 1 aromatic heterocycles. The molecule has 3 aromatic carbocycles. The smallest absolute Gasteiger partial charge is 0.213 e. The molecule has 8 heteroatoms. The second-order valence-electron chi connectivity index (χ2n) is 8.64. The van der Waals surface area contributed by atoms with Gasteiger partial charge in [-0.15, -0.1) is 0 Å². The number of benzene rings is 3. The largest absolute Gasteiger partial charge is 1.00 e. The molecule has 0 atom stereocenters. The van der Waals surface area contributed by atoms with E-state index in [-0.39, 0.29) is 12.4 Å². The van der Waals surface area contributed by atoms with Gasteiger partial charge in [0.15, 0.2) is 24.2 Å². The number of halogens is 1. The Morgan fingerprint density at radius 2 is 1.49 bits per heavy atom. The third-order valence-electron chi connectivity index (χ3n) is 6.80. The van der Waals surface area contributed by atoms with Gasteiger partial charge < -0.3 is 41.4 Å². The number of hydrogen-bond acceptors (Lipinski definition) is 6. The summed E-state index contributed by atoms with van der Waals surface area (Å²) in [4.78, 5) is 0. The number of fused-ring (bicyclic) bond motifs is 4. The number of hydrogen-bond donors (Lipinski definition) is 1. The normalized spacial score (nSPS) is 11.6. The summed E-state index contributed by atoms with van der Waals surface area (Å²) in [5.41, 5.74) is 5.54. The van der Waals surface area contributed by atoms with Gasteiger partial charge in [0.2, 0.25) is 5.69 Å². The van der Waals surface area contributed by atoms with Crippen molar-refractivity contribution in [2.24, 2.45) is 0 Å². The zero-order chi connectivity index (χ0) is 25.2. The van der Waals surface area contributed by atoms with Gasteiger partial charge in [-0.05, 0) is 41.3 Å². The van der Waals surface area contributed by atoms with Crippen molar-refractivity contribution in [1.82, 2.24) is 0 Å². The maximum absolute atomic E-state index is 5.74. The second-order valence-corrected chi connectivity index (χ2v) is 8.64.